The van der Waals surface area contributed by atoms with Crippen LogP contribution in [0.4, 0.5) is 5.69 Å². The lowest BCUT2D eigenvalue weighted by molar-refractivity contribution is 0.0951. The lowest BCUT2D eigenvalue weighted by Crippen LogP contribution is -2.22. The zero-order valence-electron chi connectivity index (χ0n) is 15.1. The first-order valence-corrected chi connectivity index (χ1v) is 10.4. The average molecular weight is 415 g/mol. The Bertz CT molecular complexity index is 1080. The zero-order valence-corrected chi connectivity index (χ0v) is 16.7. The van der Waals surface area contributed by atoms with Crippen LogP contribution in [0.3, 0.4) is 0 Å². The Kier molecular flexibility index (Phi) is 6.02. The van der Waals surface area contributed by atoms with Crippen LogP contribution in [0.2, 0.25) is 5.02 Å². The third kappa shape index (κ3) is 5.12. The fraction of sp³-hybridized carbons (Fsp3) is 0.0952. The molecule has 0 unspecified atom stereocenters. The van der Waals surface area contributed by atoms with Gasteiger partial charge in [-0.25, -0.2) is 8.42 Å². The summed E-state index contributed by atoms with van der Waals surface area (Å²) >= 11 is 5.79. The number of amides is 1. The molecule has 0 radical (unpaired) electrons. The van der Waals surface area contributed by atoms with E-state index in [1.807, 2.05) is 31.2 Å². The number of halogens is 1. The van der Waals surface area contributed by atoms with E-state index in [0.717, 1.165) is 11.1 Å². The second-order valence-corrected chi connectivity index (χ2v) is 8.43. The first-order valence-electron chi connectivity index (χ1n) is 8.56. The predicted octanol–water partition coefficient (Wildman–Crippen LogP) is 4.38. The largest absolute Gasteiger partial charge is 0.348 e. The van der Waals surface area contributed by atoms with E-state index in [1.165, 1.54) is 24.3 Å². The smallest absolute Gasteiger partial charge is 0.261 e. The number of carbonyl (C=O) groups excluding carboxylic acids is 1. The zero-order chi connectivity index (χ0) is 20.1. The van der Waals surface area contributed by atoms with Crippen molar-refractivity contribution < 1.29 is 13.2 Å². The van der Waals surface area contributed by atoms with Crippen LogP contribution in [-0.2, 0) is 16.6 Å². The quantitative estimate of drug-likeness (QED) is 0.628. The van der Waals surface area contributed by atoms with Crippen LogP contribution < -0.4 is 10.0 Å². The summed E-state index contributed by atoms with van der Waals surface area (Å²) in [5.74, 6) is -0.228. The molecule has 7 heteroatoms. The molecule has 0 aliphatic carbocycles. The van der Waals surface area contributed by atoms with Crippen LogP contribution in [-0.4, -0.2) is 14.3 Å². The summed E-state index contributed by atoms with van der Waals surface area (Å²) in [5.41, 5.74) is 2.96. The normalized spacial score (nSPS) is 11.1. The number of sulfonamides is 1. The minimum absolute atomic E-state index is 0.108. The van der Waals surface area contributed by atoms with E-state index in [2.05, 4.69) is 10.0 Å². The highest BCUT2D eigenvalue weighted by atomic mass is 35.5. The van der Waals surface area contributed by atoms with Crippen molar-refractivity contribution in [2.24, 2.45) is 0 Å². The van der Waals surface area contributed by atoms with Gasteiger partial charge < -0.3 is 5.32 Å². The van der Waals surface area contributed by atoms with Crippen LogP contribution in [0.15, 0.2) is 77.7 Å². The van der Waals surface area contributed by atoms with Crippen molar-refractivity contribution in [3.8, 4) is 0 Å². The van der Waals surface area contributed by atoms with E-state index < -0.39 is 10.0 Å². The Morgan fingerprint density at radius 3 is 2.29 bits per heavy atom. The van der Waals surface area contributed by atoms with Crippen LogP contribution in [0.25, 0.3) is 0 Å². The lowest BCUT2D eigenvalue weighted by atomic mass is 10.1. The molecule has 0 saturated carbocycles. The Hall–Kier alpha value is -2.83. The maximum absolute atomic E-state index is 12.4. The summed E-state index contributed by atoms with van der Waals surface area (Å²) in [7, 11) is -3.72. The van der Waals surface area contributed by atoms with E-state index in [1.54, 1.807) is 24.3 Å². The summed E-state index contributed by atoms with van der Waals surface area (Å²) in [6, 6.07) is 20.0. The highest BCUT2D eigenvalue weighted by molar-refractivity contribution is 7.92. The summed E-state index contributed by atoms with van der Waals surface area (Å²) in [4.78, 5) is 12.4. The maximum Gasteiger partial charge on any atom is 0.261 e. The molecule has 0 saturated heterocycles. The van der Waals surface area contributed by atoms with Gasteiger partial charge in [-0.2, -0.15) is 0 Å². The summed E-state index contributed by atoms with van der Waals surface area (Å²) < 4.78 is 27.3. The van der Waals surface area contributed by atoms with Crippen LogP contribution in [0.5, 0.6) is 0 Å². The maximum atomic E-state index is 12.4. The number of benzene rings is 3. The van der Waals surface area contributed by atoms with E-state index in [9.17, 15) is 13.2 Å². The van der Waals surface area contributed by atoms with E-state index >= 15 is 0 Å². The number of hydrogen-bond donors (Lipinski definition) is 2. The van der Waals surface area contributed by atoms with Gasteiger partial charge in [0.2, 0.25) is 0 Å². The minimum atomic E-state index is -3.72. The molecule has 0 fully saturated rings. The first-order chi connectivity index (χ1) is 13.3. The van der Waals surface area contributed by atoms with Gasteiger partial charge in [0.1, 0.15) is 0 Å². The van der Waals surface area contributed by atoms with E-state index in [-0.39, 0.29) is 10.8 Å². The molecular weight excluding hydrogens is 396 g/mol. The van der Waals surface area contributed by atoms with E-state index in [4.69, 9.17) is 11.6 Å². The van der Waals surface area contributed by atoms with Crippen molar-refractivity contribution in [3.63, 3.8) is 0 Å². The molecule has 0 atom stereocenters. The monoisotopic (exact) mass is 414 g/mol. The van der Waals surface area contributed by atoms with Gasteiger partial charge in [0.05, 0.1) is 4.90 Å². The molecule has 5 nitrogen and oxygen atoms in total. The number of anilines is 1. The van der Waals surface area contributed by atoms with Crippen LogP contribution in [0, 0.1) is 6.92 Å². The molecule has 0 bridgehead atoms. The van der Waals surface area contributed by atoms with Gasteiger partial charge in [-0.05, 0) is 61.0 Å². The highest BCUT2D eigenvalue weighted by Gasteiger charge is 2.14. The number of rotatable bonds is 6. The SMILES string of the molecule is Cc1cccc(CNC(=O)c2ccc(NS(=O)(=O)c3ccc(Cl)cc3)cc2)c1. The fourth-order valence-corrected chi connectivity index (χ4v) is 3.81. The molecule has 0 heterocycles. The molecule has 0 spiro atoms. The van der Waals surface area contributed by atoms with Gasteiger partial charge in [0.15, 0.2) is 0 Å². The summed E-state index contributed by atoms with van der Waals surface area (Å²) in [5, 5.41) is 3.31. The van der Waals surface area contributed by atoms with Crippen molar-refractivity contribution in [2.75, 3.05) is 4.72 Å². The van der Waals surface area contributed by atoms with Crippen molar-refractivity contribution in [2.45, 2.75) is 18.4 Å². The third-order valence-electron chi connectivity index (χ3n) is 4.06. The average Bonchev–Trinajstić information content (AvgIpc) is 2.67. The predicted molar refractivity (Wildman–Crippen MR) is 111 cm³/mol. The molecule has 2 N–H and O–H groups in total. The molecule has 0 aliphatic heterocycles. The topological polar surface area (TPSA) is 75.3 Å². The van der Waals surface area contributed by atoms with Crippen LogP contribution in [0.1, 0.15) is 21.5 Å². The first kappa shape index (κ1) is 19.9. The molecule has 3 aromatic carbocycles. The standard InChI is InChI=1S/C21H19ClN2O3S/c1-15-3-2-4-16(13-15)14-23-21(25)17-5-9-19(10-6-17)24-28(26,27)20-11-7-18(22)8-12-20/h2-13,24H,14H2,1H3,(H,23,25). The molecular formula is C21H19ClN2O3S. The molecule has 0 aliphatic rings. The van der Waals surface area contributed by atoms with Gasteiger partial charge in [0, 0.05) is 22.8 Å². The molecule has 1 amide bonds. The van der Waals surface area contributed by atoms with Gasteiger partial charge >= 0.3 is 0 Å². The summed E-state index contributed by atoms with van der Waals surface area (Å²) in [6.45, 7) is 2.42. The molecule has 0 aromatic heterocycles. The summed E-state index contributed by atoms with van der Waals surface area (Å²) in [6.07, 6.45) is 0. The fourth-order valence-electron chi connectivity index (χ4n) is 2.62. The lowest BCUT2D eigenvalue weighted by Gasteiger charge is -2.10. The number of nitrogens with one attached hydrogen (secondary N) is 2. The van der Waals surface area contributed by atoms with E-state index in [0.29, 0.717) is 22.8 Å². The van der Waals surface area contributed by atoms with Crippen molar-refractivity contribution >= 4 is 33.2 Å². The molecule has 144 valence electrons. The van der Waals surface area contributed by atoms with Crippen molar-refractivity contribution in [3.05, 3.63) is 94.5 Å². The van der Waals surface area contributed by atoms with Gasteiger partial charge in [-0.15, -0.1) is 0 Å². The molecule has 3 rings (SSSR count). The Labute approximate surface area is 169 Å². The highest BCUT2D eigenvalue weighted by Crippen LogP contribution is 2.18. The van der Waals surface area contributed by atoms with Gasteiger partial charge in [-0.3, -0.25) is 9.52 Å². The third-order valence-corrected chi connectivity index (χ3v) is 5.71. The van der Waals surface area contributed by atoms with Crippen molar-refractivity contribution in [1.82, 2.24) is 5.32 Å². The second kappa shape index (κ2) is 8.46. The Balaban J connectivity index is 1.64. The Morgan fingerprint density at radius 2 is 1.64 bits per heavy atom. The van der Waals surface area contributed by atoms with Gasteiger partial charge in [0.25, 0.3) is 15.9 Å². The Morgan fingerprint density at radius 1 is 0.964 bits per heavy atom. The van der Waals surface area contributed by atoms with Crippen molar-refractivity contribution in [1.29, 1.82) is 0 Å². The number of carbonyl (C=O) groups is 1. The second-order valence-electron chi connectivity index (χ2n) is 6.31. The number of hydrogen-bond acceptors (Lipinski definition) is 3. The van der Waals surface area contributed by atoms with Gasteiger partial charge in [-0.1, -0.05) is 41.4 Å². The minimum Gasteiger partial charge on any atom is -0.348 e. The molecule has 28 heavy (non-hydrogen) atoms. The molecule has 3 aromatic rings. The number of aryl methyl sites for hydroxylation is 1. The van der Waals surface area contributed by atoms with Crippen LogP contribution >= 0.6 is 11.6 Å².